The standard InChI is InChI=1S/C25H24N2O2.Ir/c1-19(28)16-22(29)17-25(21-12-6-3-7-13-21)26-23-14-8-9-15-24(23)27(25)18-20-10-4-2-5-11-20;/h2-15,26H,16-18H2,1H3;/q;+3. The summed E-state index contributed by atoms with van der Waals surface area (Å²) in [6.45, 7) is 2.11. The Kier molecular flexibility index (Phi) is 6.86. The third kappa shape index (κ3) is 4.38. The second kappa shape index (κ2) is 9.38. The molecule has 1 aliphatic rings. The van der Waals surface area contributed by atoms with Gasteiger partial charge in [-0.25, -0.2) is 0 Å². The maximum atomic E-state index is 12.8. The molecule has 1 heterocycles. The molecule has 0 radical (unpaired) electrons. The van der Waals surface area contributed by atoms with E-state index in [9.17, 15) is 9.59 Å². The summed E-state index contributed by atoms with van der Waals surface area (Å²) in [5.41, 5.74) is 3.46. The van der Waals surface area contributed by atoms with Crippen LogP contribution in [0.5, 0.6) is 0 Å². The number of anilines is 2. The molecule has 1 unspecified atom stereocenters. The summed E-state index contributed by atoms with van der Waals surface area (Å²) in [4.78, 5) is 26.7. The largest absolute Gasteiger partial charge is 3.00 e. The van der Waals surface area contributed by atoms with Gasteiger partial charge in [0.25, 0.3) is 0 Å². The van der Waals surface area contributed by atoms with Gasteiger partial charge >= 0.3 is 20.1 Å². The second-order valence-electron chi connectivity index (χ2n) is 7.53. The van der Waals surface area contributed by atoms with Crippen LogP contribution in [0.3, 0.4) is 0 Å². The Bertz CT molecular complexity index is 1020. The number of para-hydroxylation sites is 2. The fraction of sp³-hybridized carbons (Fsp3) is 0.200. The number of carbonyl (C=O) groups excluding carboxylic acids is 2. The van der Waals surface area contributed by atoms with Crippen molar-refractivity contribution in [3.8, 4) is 0 Å². The molecule has 1 aliphatic heterocycles. The van der Waals surface area contributed by atoms with E-state index in [0.29, 0.717) is 6.54 Å². The summed E-state index contributed by atoms with van der Waals surface area (Å²) < 4.78 is 0. The maximum absolute atomic E-state index is 12.8. The fourth-order valence-electron chi connectivity index (χ4n) is 4.11. The van der Waals surface area contributed by atoms with Crippen molar-refractivity contribution in [1.29, 1.82) is 0 Å². The van der Waals surface area contributed by atoms with Crippen LogP contribution in [-0.2, 0) is 41.9 Å². The van der Waals surface area contributed by atoms with Gasteiger partial charge in [0, 0.05) is 6.54 Å². The van der Waals surface area contributed by atoms with Gasteiger partial charge in [-0.05, 0) is 30.2 Å². The SMILES string of the molecule is CC(=O)CC(=O)CC1(c2ccccc2)Nc2ccccc2N1Cc1ccccc1.[Ir+3]. The van der Waals surface area contributed by atoms with Crippen molar-refractivity contribution < 1.29 is 29.7 Å². The van der Waals surface area contributed by atoms with E-state index in [1.54, 1.807) is 0 Å². The number of hydrogen-bond donors (Lipinski definition) is 1. The molecule has 1 atom stereocenters. The molecule has 4 rings (SSSR count). The minimum absolute atomic E-state index is 0. The molecule has 3 aromatic rings. The number of hydrogen-bond acceptors (Lipinski definition) is 4. The molecule has 0 saturated heterocycles. The molecular formula is C25H24IrN2O2+3. The van der Waals surface area contributed by atoms with Gasteiger partial charge in [-0.2, -0.15) is 0 Å². The number of Topliss-reactive ketones (excluding diaryl/α,β-unsaturated/α-hetero) is 2. The van der Waals surface area contributed by atoms with Crippen molar-refractivity contribution in [2.75, 3.05) is 10.2 Å². The summed E-state index contributed by atoms with van der Waals surface area (Å²) in [7, 11) is 0. The van der Waals surface area contributed by atoms with E-state index < -0.39 is 5.66 Å². The van der Waals surface area contributed by atoms with Gasteiger partial charge < -0.3 is 10.2 Å². The van der Waals surface area contributed by atoms with Crippen molar-refractivity contribution in [1.82, 2.24) is 0 Å². The van der Waals surface area contributed by atoms with E-state index in [0.717, 1.165) is 22.5 Å². The molecule has 0 aliphatic carbocycles. The molecule has 0 bridgehead atoms. The van der Waals surface area contributed by atoms with Crippen molar-refractivity contribution in [2.24, 2.45) is 0 Å². The maximum Gasteiger partial charge on any atom is 3.00 e. The van der Waals surface area contributed by atoms with Crippen molar-refractivity contribution >= 4 is 22.9 Å². The zero-order valence-corrected chi connectivity index (χ0v) is 19.2. The molecule has 0 fully saturated rings. The van der Waals surface area contributed by atoms with Gasteiger partial charge in [-0.1, -0.05) is 72.8 Å². The minimum Gasteiger partial charge on any atom is -0.357 e. The van der Waals surface area contributed by atoms with Crippen LogP contribution in [0, 0.1) is 0 Å². The van der Waals surface area contributed by atoms with E-state index in [4.69, 9.17) is 0 Å². The van der Waals surface area contributed by atoms with Gasteiger partial charge in [0.2, 0.25) is 0 Å². The summed E-state index contributed by atoms with van der Waals surface area (Å²) in [6, 6.07) is 28.4. The second-order valence-corrected chi connectivity index (χ2v) is 7.53. The third-order valence-corrected chi connectivity index (χ3v) is 5.33. The number of fused-ring (bicyclic) bond motifs is 1. The number of rotatable bonds is 7. The van der Waals surface area contributed by atoms with E-state index in [1.807, 2.05) is 66.7 Å². The van der Waals surface area contributed by atoms with Gasteiger partial charge in [0.15, 0.2) is 0 Å². The van der Waals surface area contributed by atoms with Gasteiger partial charge in [0.05, 0.1) is 24.2 Å². The Morgan fingerprint density at radius 2 is 1.47 bits per heavy atom. The van der Waals surface area contributed by atoms with Crippen molar-refractivity contribution in [3.63, 3.8) is 0 Å². The predicted octanol–water partition coefficient (Wildman–Crippen LogP) is 4.91. The van der Waals surface area contributed by atoms with E-state index in [1.165, 1.54) is 6.92 Å². The molecule has 1 N–H and O–H groups in total. The first-order valence-corrected chi connectivity index (χ1v) is 9.84. The molecule has 0 amide bonds. The van der Waals surface area contributed by atoms with Crippen LogP contribution in [0.25, 0.3) is 0 Å². The van der Waals surface area contributed by atoms with E-state index >= 15 is 0 Å². The summed E-state index contributed by atoms with van der Waals surface area (Å²) in [6.07, 6.45) is 0.157. The smallest absolute Gasteiger partial charge is 0.357 e. The average molecular weight is 577 g/mol. The number of nitrogens with zero attached hydrogens (tertiary/aromatic N) is 1. The first kappa shape index (κ1) is 21.9. The molecule has 30 heavy (non-hydrogen) atoms. The van der Waals surface area contributed by atoms with Gasteiger partial charge in [0.1, 0.15) is 17.2 Å². The number of carbonyl (C=O) groups is 2. The van der Waals surface area contributed by atoms with Crippen molar-refractivity contribution in [3.05, 3.63) is 96.1 Å². The zero-order valence-electron chi connectivity index (χ0n) is 16.8. The Labute approximate surface area is 190 Å². The molecule has 152 valence electrons. The normalized spacial score (nSPS) is 16.9. The topological polar surface area (TPSA) is 49.4 Å². The van der Waals surface area contributed by atoms with Crippen LogP contribution in [0.1, 0.15) is 30.9 Å². The van der Waals surface area contributed by atoms with Crippen molar-refractivity contribution in [2.45, 2.75) is 32.0 Å². The molecule has 3 aromatic carbocycles. The van der Waals surface area contributed by atoms with Crippen LogP contribution in [0.15, 0.2) is 84.9 Å². The fourth-order valence-corrected chi connectivity index (χ4v) is 4.11. The summed E-state index contributed by atoms with van der Waals surface area (Å²) >= 11 is 0. The third-order valence-electron chi connectivity index (χ3n) is 5.33. The Hall–Kier alpha value is -2.75. The number of benzene rings is 3. The number of ketones is 2. The average Bonchev–Trinajstić information content (AvgIpc) is 3.03. The van der Waals surface area contributed by atoms with Crippen LogP contribution in [0.4, 0.5) is 11.4 Å². The molecule has 4 nitrogen and oxygen atoms in total. The Balaban J connectivity index is 0.00000256. The first-order chi connectivity index (χ1) is 14.1. The Morgan fingerprint density at radius 1 is 0.867 bits per heavy atom. The monoisotopic (exact) mass is 577 g/mol. The molecule has 5 heteroatoms. The molecular weight excluding hydrogens is 553 g/mol. The Morgan fingerprint density at radius 3 is 2.13 bits per heavy atom. The summed E-state index contributed by atoms with van der Waals surface area (Å²) in [5.74, 6) is -0.178. The summed E-state index contributed by atoms with van der Waals surface area (Å²) in [5, 5.41) is 3.63. The van der Waals surface area contributed by atoms with Gasteiger partial charge in [-0.3, -0.25) is 9.59 Å². The van der Waals surface area contributed by atoms with Crippen LogP contribution < -0.4 is 10.2 Å². The zero-order chi connectivity index (χ0) is 20.3. The van der Waals surface area contributed by atoms with E-state index in [-0.39, 0.29) is 44.5 Å². The van der Waals surface area contributed by atoms with Crippen LogP contribution in [0.2, 0.25) is 0 Å². The molecule has 0 spiro atoms. The van der Waals surface area contributed by atoms with Gasteiger partial charge in [-0.15, -0.1) is 0 Å². The molecule has 0 saturated carbocycles. The minimum atomic E-state index is -0.743. The first-order valence-electron chi connectivity index (χ1n) is 9.84. The van der Waals surface area contributed by atoms with Crippen LogP contribution in [-0.4, -0.2) is 11.6 Å². The van der Waals surface area contributed by atoms with Crippen LogP contribution >= 0.6 is 0 Å². The quantitative estimate of drug-likeness (QED) is 0.407. The van der Waals surface area contributed by atoms with E-state index in [2.05, 4.69) is 28.4 Å². The number of nitrogens with one attached hydrogen (secondary N) is 1. The molecule has 0 aromatic heterocycles. The predicted molar refractivity (Wildman–Crippen MR) is 116 cm³/mol.